The molecule has 1 amide bonds. The number of nitrogens with zero attached hydrogens (tertiary/aromatic N) is 1. The molecule has 0 aromatic heterocycles. The zero-order valence-electron chi connectivity index (χ0n) is 12.7. The molecule has 0 saturated heterocycles. The van der Waals surface area contributed by atoms with Gasteiger partial charge in [-0.3, -0.25) is 4.79 Å². The number of fused-ring (bicyclic) bond motifs is 1. The van der Waals surface area contributed by atoms with Crippen molar-refractivity contribution < 1.29 is 9.53 Å². The Kier molecular flexibility index (Phi) is 4.32. The molecule has 21 heavy (non-hydrogen) atoms. The average Bonchev–Trinajstić information content (AvgIpc) is 2.54. The van der Waals surface area contributed by atoms with Crippen LogP contribution in [0.4, 0.5) is 5.69 Å². The van der Waals surface area contributed by atoms with Crippen molar-refractivity contribution in [3.63, 3.8) is 0 Å². The van der Waals surface area contributed by atoms with E-state index in [2.05, 4.69) is 5.32 Å². The Morgan fingerprint density at radius 2 is 2.05 bits per heavy atom. The fraction of sp³-hybridized carbons (Fsp3) is 0.588. The van der Waals surface area contributed by atoms with Gasteiger partial charge in [-0.25, -0.2) is 0 Å². The fourth-order valence-electron chi connectivity index (χ4n) is 3.34. The Morgan fingerprint density at radius 3 is 2.86 bits per heavy atom. The van der Waals surface area contributed by atoms with Gasteiger partial charge in [-0.1, -0.05) is 31.4 Å². The molecule has 1 N–H and O–H groups in total. The number of amides is 1. The summed E-state index contributed by atoms with van der Waals surface area (Å²) in [6.45, 7) is 1.41. The van der Waals surface area contributed by atoms with E-state index in [1.165, 1.54) is 32.1 Å². The summed E-state index contributed by atoms with van der Waals surface area (Å²) in [5, 5.41) is 3.28. The lowest BCUT2D eigenvalue weighted by molar-refractivity contribution is -0.137. The molecular weight excluding hydrogens is 264 g/mol. The lowest BCUT2D eigenvalue weighted by Crippen LogP contribution is -2.46. The molecule has 4 nitrogen and oxygen atoms in total. The van der Waals surface area contributed by atoms with Gasteiger partial charge in [0.2, 0.25) is 0 Å². The monoisotopic (exact) mass is 288 g/mol. The van der Waals surface area contributed by atoms with Crippen molar-refractivity contribution >= 4 is 11.6 Å². The standard InChI is InChI=1S/C17H24N2O2/c1-19(12-13-7-3-2-4-8-13)17(20)16-11-18-14-9-5-6-10-15(14)21-16/h5-6,9-10,13,16,18H,2-4,7-8,11-12H2,1H3. The van der Waals surface area contributed by atoms with Crippen LogP contribution < -0.4 is 10.1 Å². The van der Waals surface area contributed by atoms with Gasteiger partial charge in [-0.2, -0.15) is 0 Å². The largest absolute Gasteiger partial charge is 0.477 e. The fourth-order valence-corrected chi connectivity index (χ4v) is 3.34. The number of likely N-dealkylation sites (N-methyl/N-ethyl adjacent to an activating group) is 1. The van der Waals surface area contributed by atoms with Crippen molar-refractivity contribution in [1.29, 1.82) is 0 Å². The third kappa shape index (κ3) is 3.31. The summed E-state index contributed by atoms with van der Waals surface area (Å²) in [6.07, 6.45) is 6.06. The molecule has 2 aliphatic rings. The van der Waals surface area contributed by atoms with E-state index in [1.54, 1.807) is 0 Å². The summed E-state index contributed by atoms with van der Waals surface area (Å²) in [5.74, 6) is 1.52. The highest BCUT2D eigenvalue weighted by Gasteiger charge is 2.29. The van der Waals surface area contributed by atoms with E-state index in [0.29, 0.717) is 12.5 Å². The van der Waals surface area contributed by atoms with Crippen molar-refractivity contribution in [2.75, 3.05) is 25.5 Å². The van der Waals surface area contributed by atoms with Gasteiger partial charge in [0.25, 0.3) is 5.91 Å². The first-order chi connectivity index (χ1) is 10.2. The van der Waals surface area contributed by atoms with Crippen LogP contribution in [0.25, 0.3) is 0 Å². The molecule has 1 fully saturated rings. The van der Waals surface area contributed by atoms with Crippen LogP contribution in [0, 0.1) is 5.92 Å². The molecule has 1 aromatic rings. The molecule has 1 aliphatic carbocycles. The molecule has 114 valence electrons. The van der Waals surface area contributed by atoms with Crippen molar-refractivity contribution in [3.8, 4) is 5.75 Å². The van der Waals surface area contributed by atoms with E-state index in [-0.39, 0.29) is 5.91 Å². The number of anilines is 1. The molecule has 1 aromatic carbocycles. The normalized spacial score (nSPS) is 21.9. The molecule has 0 radical (unpaired) electrons. The molecule has 0 bridgehead atoms. The zero-order valence-corrected chi connectivity index (χ0v) is 12.7. The Bertz CT molecular complexity index is 497. The quantitative estimate of drug-likeness (QED) is 0.930. The third-order valence-electron chi connectivity index (χ3n) is 4.54. The first-order valence-electron chi connectivity index (χ1n) is 7.98. The summed E-state index contributed by atoms with van der Waals surface area (Å²) in [6, 6.07) is 7.77. The first-order valence-corrected chi connectivity index (χ1v) is 7.98. The van der Waals surface area contributed by atoms with Crippen molar-refractivity contribution in [3.05, 3.63) is 24.3 Å². The molecule has 1 heterocycles. The van der Waals surface area contributed by atoms with Gasteiger partial charge >= 0.3 is 0 Å². The molecule has 4 heteroatoms. The highest BCUT2D eigenvalue weighted by molar-refractivity contribution is 5.83. The minimum Gasteiger partial charge on any atom is -0.477 e. The van der Waals surface area contributed by atoms with Crippen LogP contribution in [0.15, 0.2) is 24.3 Å². The second kappa shape index (κ2) is 6.37. The van der Waals surface area contributed by atoms with Crippen LogP contribution in [-0.4, -0.2) is 37.0 Å². The van der Waals surface area contributed by atoms with Crippen LogP contribution in [0.3, 0.4) is 0 Å². The predicted octanol–water partition coefficient (Wildman–Crippen LogP) is 2.90. The zero-order chi connectivity index (χ0) is 14.7. The highest BCUT2D eigenvalue weighted by Crippen LogP contribution is 2.29. The molecule has 1 atom stereocenters. The molecule has 0 spiro atoms. The van der Waals surface area contributed by atoms with Crippen LogP contribution in [0.1, 0.15) is 32.1 Å². The minimum atomic E-state index is -0.409. The van der Waals surface area contributed by atoms with Gasteiger partial charge in [0.1, 0.15) is 5.75 Å². The maximum absolute atomic E-state index is 12.5. The Balaban J connectivity index is 1.58. The minimum absolute atomic E-state index is 0.0857. The van der Waals surface area contributed by atoms with Crippen LogP contribution in [0.2, 0.25) is 0 Å². The van der Waals surface area contributed by atoms with Gasteiger partial charge in [0.15, 0.2) is 6.10 Å². The van der Waals surface area contributed by atoms with Crippen molar-refractivity contribution in [2.45, 2.75) is 38.2 Å². The van der Waals surface area contributed by atoms with Gasteiger partial charge < -0.3 is 15.0 Å². The molecule has 1 unspecified atom stereocenters. The van der Waals surface area contributed by atoms with Crippen molar-refractivity contribution in [2.24, 2.45) is 5.92 Å². The van der Waals surface area contributed by atoms with Gasteiger partial charge in [0, 0.05) is 13.6 Å². The maximum atomic E-state index is 12.5. The number of ether oxygens (including phenoxy) is 1. The Labute approximate surface area is 126 Å². The van der Waals surface area contributed by atoms with Crippen LogP contribution in [0.5, 0.6) is 5.75 Å². The number of carbonyl (C=O) groups excluding carboxylic acids is 1. The first kappa shape index (κ1) is 14.2. The second-order valence-electron chi connectivity index (χ2n) is 6.21. The van der Waals surface area contributed by atoms with E-state index < -0.39 is 6.10 Å². The predicted molar refractivity (Wildman–Crippen MR) is 83.6 cm³/mol. The SMILES string of the molecule is CN(CC1CCCCC1)C(=O)C1CNc2ccccc2O1. The van der Waals surface area contributed by atoms with Crippen LogP contribution in [-0.2, 0) is 4.79 Å². The van der Waals surface area contributed by atoms with Gasteiger partial charge in [0.05, 0.1) is 12.2 Å². The van der Waals surface area contributed by atoms with E-state index in [0.717, 1.165) is 18.0 Å². The van der Waals surface area contributed by atoms with Gasteiger partial charge in [-0.05, 0) is 30.9 Å². The van der Waals surface area contributed by atoms with Gasteiger partial charge in [-0.15, -0.1) is 0 Å². The lowest BCUT2D eigenvalue weighted by Gasteiger charge is -2.32. The van der Waals surface area contributed by atoms with E-state index in [1.807, 2.05) is 36.2 Å². The van der Waals surface area contributed by atoms with E-state index in [4.69, 9.17) is 4.74 Å². The number of carbonyl (C=O) groups is 1. The number of hydrogen-bond donors (Lipinski definition) is 1. The molecular formula is C17H24N2O2. The summed E-state index contributed by atoms with van der Waals surface area (Å²) in [7, 11) is 1.90. The lowest BCUT2D eigenvalue weighted by atomic mass is 9.89. The number of nitrogens with one attached hydrogen (secondary N) is 1. The highest BCUT2D eigenvalue weighted by atomic mass is 16.5. The average molecular weight is 288 g/mol. The maximum Gasteiger partial charge on any atom is 0.265 e. The van der Waals surface area contributed by atoms with E-state index in [9.17, 15) is 4.79 Å². The molecule has 3 rings (SSSR count). The summed E-state index contributed by atoms with van der Waals surface area (Å²) >= 11 is 0. The Hall–Kier alpha value is -1.71. The smallest absolute Gasteiger partial charge is 0.265 e. The molecule has 1 aliphatic heterocycles. The second-order valence-corrected chi connectivity index (χ2v) is 6.21. The van der Waals surface area contributed by atoms with Crippen molar-refractivity contribution in [1.82, 2.24) is 4.90 Å². The van der Waals surface area contributed by atoms with E-state index >= 15 is 0 Å². The topological polar surface area (TPSA) is 41.6 Å². The van der Waals surface area contributed by atoms with Crippen LogP contribution >= 0.6 is 0 Å². The molecule has 1 saturated carbocycles. The summed E-state index contributed by atoms with van der Waals surface area (Å²) in [4.78, 5) is 14.4. The summed E-state index contributed by atoms with van der Waals surface area (Å²) < 4.78 is 5.85. The number of para-hydroxylation sites is 2. The Morgan fingerprint density at radius 1 is 1.29 bits per heavy atom. The third-order valence-corrected chi connectivity index (χ3v) is 4.54. The number of hydrogen-bond acceptors (Lipinski definition) is 3. The number of rotatable bonds is 3. The number of benzene rings is 1. The summed E-state index contributed by atoms with van der Waals surface area (Å²) in [5.41, 5.74) is 0.969.